The van der Waals surface area contributed by atoms with Gasteiger partial charge in [-0.05, 0) is 73.9 Å². The third kappa shape index (κ3) is 8.16. The summed E-state index contributed by atoms with van der Waals surface area (Å²) in [5.41, 5.74) is 15.6. The molecule has 1 amide bonds. The number of aryl methyl sites for hydroxylation is 3. The van der Waals surface area contributed by atoms with Crippen LogP contribution in [0, 0.1) is 13.8 Å². The number of Topliss-reactive ketones (excluding diaryl/α,β-unsaturated/α-hetero) is 1. The Morgan fingerprint density at radius 2 is 1.63 bits per heavy atom. The fraction of sp³-hybridized carbons (Fsp3) is 0.462. The zero-order valence-electron chi connectivity index (χ0n) is 20.7. The number of amides is 1. The number of hydrogen-bond acceptors (Lipinski definition) is 7. The van der Waals surface area contributed by atoms with Gasteiger partial charge in [-0.1, -0.05) is 37.3 Å². The van der Waals surface area contributed by atoms with Crippen LogP contribution >= 0.6 is 0 Å². The molecule has 192 valence electrons. The minimum Gasteiger partial charge on any atom is -0.508 e. The van der Waals surface area contributed by atoms with E-state index in [1.807, 2.05) is 30.3 Å². The molecule has 2 aromatic rings. The molecular weight excluding hydrogens is 466 g/mol. The molecule has 2 aromatic carbocycles. The summed E-state index contributed by atoms with van der Waals surface area (Å²) in [5.74, 6) is -1.32. The summed E-state index contributed by atoms with van der Waals surface area (Å²) in [4.78, 5) is 25.7. The van der Waals surface area contributed by atoms with E-state index >= 15 is 0 Å². The topological polar surface area (TPSA) is 153 Å². The molecule has 2 unspecified atom stereocenters. The Kier molecular flexibility index (Phi) is 10.4. The monoisotopic (exact) mass is 503 g/mol. The molecule has 0 saturated carbocycles. The largest absolute Gasteiger partial charge is 0.508 e. The first kappa shape index (κ1) is 28.5. The van der Waals surface area contributed by atoms with Gasteiger partial charge in [0, 0.05) is 12.3 Å². The fourth-order valence-electron chi connectivity index (χ4n) is 4.11. The number of carbonyl (C=O) groups excluding carboxylic acids is 2. The van der Waals surface area contributed by atoms with Gasteiger partial charge in [-0.2, -0.15) is 0 Å². The number of sulfone groups is 1. The van der Waals surface area contributed by atoms with Crippen molar-refractivity contribution in [3.05, 3.63) is 64.7 Å². The van der Waals surface area contributed by atoms with Crippen molar-refractivity contribution in [3.8, 4) is 5.75 Å². The predicted octanol–water partition coefficient (Wildman–Crippen LogP) is 1.72. The van der Waals surface area contributed by atoms with Crippen LogP contribution in [0.4, 0.5) is 0 Å². The van der Waals surface area contributed by atoms with Crippen molar-refractivity contribution in [2.24, 2.45) is 11.5 Å². The smallest absolute Gasteiger partial charge is 0.236 e. The van der Waals surface area contributed by atoms with Crippen LogP contribution in [0.2, 0.25) is 0 Å². The minimum atomic E-state index is -3.84. The molecule has 6 N–H and O–H groups in total. The van der Waals surface area contributed by atoms with E-state index in [2.05, 4.69) is 5.32 Å². The Labute approximate surface area is 208 Å². The van der Waals surface area contributed by atoms with Crippen LogP contribution in [-0.2, 0) is 32.3 Å². The Hall–Kier alpha value is -2.75. The quantitative estimate of drug-likeness (QED) is 0.304. The van der Waals surface area contributed by atoms with Crippen LogP contribution in [0.15, 0.2) is 42.5 Å². The van der Waals surface area contributed by atoms with Gasteiger partial charge in [-0.15, -0.1) is 0 Å². The normalized spacial score (nSPS) is 14.2. The average molecular weight is 504 g/mol. The number of phenolic OH excluding ortho intramolecular Hbond substituents is 1. The molecule has 0 heterocycles. The second-order valence-electron chi connectivity index (χ2n) is 8.93. The molecule has 0 aliphatic rings. The van der Waals surface area contributed by atoms with Gasteiger partial charge in [0.2, 0.25) is 5.91 Å². The van der Waals surface area contributed by atoms with Crippen molar-refractivity contribution in [3.63, 3.8) is 0 Å². The molecular formula is C26H37N3O5S. The standard InChI is InChI=1S/C26H37N3O5S/c1-4-35(33,34)24(25(31)22(27)15-21-17(2)13-20(30)14-18(21)3)16-23(28)26(32)29-12-8-11-19-9-6-5-7-10-19/h5-7,9-10,13-14,22-24,30H,4,8,11-12,15-16,27-28H2,1-3H3,(H,29,32)/t22-,23?,24?/m1/s1. The van der Waals surface area contributed by atoms with Gasteiger partial charge in [0.25, 0.3) is 0 Å². The second-order valence-corrected chi connectivity index (χ2v) is 11.4. The highest BCUT2D eigenvalue weighted by atomic mass is 32.2. The summed E-state index contributed by atoms with van der Waals surface area (Å²) >= 11 is 0. The molecule has 0 bridgehead atoms. The van der Waals surface area contributed by atoms with E-state index in [4.69, 9.17) is 11.5 Å². The molecule has 0 aromatic heterocycles. The maximum Gasteiger partial charge on any atom is 0.236 e. The van der Waals surface area contributed by atoms with E-state index < -0.39 is 38.9 Å². The van der Waals surface area contributed by atoms with Crippen LogP contribution in [0.3, 0.4) is 0 Å². The summed E-state index contributed by atoms with van der Waals surface area (Å²) in [5, 5.41) is 11.0. The summed E-state index contributed by atoms with van der Waals surface area (Å²) in [6.07, 6.45) is 1.27. The first-order valence-corrected chi connectivity index (χ1v) is 13.5. The highest BCUT2D eigenvalue weighted by Crippen LogP contribution is 2.23. The van der Waals surface area contributed by atoms with E-state index in [0.29, 0.717) is 13.0 Å². The van der Waals surface area contributed by atoms with Gasteiger partial charge in [0.05, 0.1) is 12.1 Å². The van der Waals surface area contributed by atoms with Crippen molar-refractivity contribution >= 4 is 21.5 Å². The number of nitrogens with one attached hydrogen (secondary N) is 1. The maximum atomic E-state index is 13.2. The van der Waals surface area contributed by atoms with Crippen LogP contribution in [0.5, 0.6) is 5.75 Å². The van der Waals surface area contributed by atoms with Crippen LogP contribution in [0.25, 0.3) is 0 Å². The van der Waals surface area contributed by atoms with Gasteiger partial charge in [-0.25, -0.2) is 8.42 Å². The van der Waals surface area contributed by atoms with Gasteiger partial charge >= 0.3 is 0 Å². The lowest BCUT2D eigenvalue weighted by atomic mass is 9.93. The number of hydrogen-bond donors (Lipinski definition) is 4. The third-order valence-electron chi connectivity index (χ3n) is 6.21. The molecule has 0 radical (unpaired) electrons. The Morgan fingerprint density at radius 3 is 2.20 bits per heavy atom. The number of carbonyl (C=O) groups is 2. The van der Waals surface area contributed by atoms with Crippen molar-refractivity contribution in [1.29, 1.82) is 0 Å². The number of nitrogens with two attached hydrogens (primary N) is 2. The minimum absolute atomic E-state index is 0.107. The van der Waals surface area contributed by atoms with Crippen LogP contribution in [-0.4, -0.2) is 54.8 Å². The molecule has 0 spiro atoms. The highest BCUT2D eigenvalue weighted by Gasteiger charge is 2.37. The van der Waals surface area contributed by atoms with Gasteiger partial charge in [-0.3, -0.25) is 9.59 Å². The lowest BCUT2D eigenvalue weighted by molar-refractivity contribution is -0.123. The van der Waals surface area contributed by atoms with Gasteiger partial charge in [0.15, 0.2) is 15.6 Å². The highest BCUT2D eigenvalue weighted by molar-refractivity contribution is 7.92. The van der Waals surface area contributed by atoms with Crippen molar-refractivity contribution in [2.45, 2.75) is 63.8 Å². The molecule has 0 saturated heterocycles. The second kappa shape index (κ2) is 12.8. The number of ketones is 1. The number of rotatable bonds is 13. The summed E-state index contributed by atoms with van der Waals surface area (Å²) in [6.45, 7) is 5.42. The molecule has 35 heavy (non-hydrogen) atoms. The van der Waals surface area contributed by atoms with Crippen molar-refractivity contribution < 1.29 is 23.1 Å². The maximum absolute atomic E-state index is 13.2. The lowest BCUT2D eigenvalue weighted by Gasteiger charge is -2.23. The zero-order chi connectivity index (χ0) is 26.2. The Bertz CT molecular complexity index is 1100. The van der Waals surface area contributed by atoms with E-state index in [0.717, 1.165) is 28.7 Å². The summed E-state index contributed by atoms with van der Waals surface area (Å²) < 4.78 is 25.5. The molecule has 2 rings (SSSR count). The van der Waals surface area contributed by atoms with Gasteiger partial charge in [0.1, 0.15) is 11.0 Å². The number of aromatic hydroxyl groups is 1. The Morgan fingerprint density at radius 1 is 1.03 bits per heavy atom. The molecule has 9 heteroatoms. The van der Waals surface area contributed by atoms with E-state index in [9.17, 15) is 23.1 Å². The molecule has 8 nitrogen and oxygen atoms in total. The summed E-state index contributed by atoms with van der Waals surface area (Å²) in [6, 6.07) is 10.7. The van der Waals surface area contributed by atoms with Crippen LogP contribution < -0.4 is 16.8 Å². The van der Waals surface area contributed by atoms with Crippen molar-refractivity contribution in [2.75, 3.05) is 12.3 Å². The molecule has 0 aliphatic carbocycles. The van der Waals surface area contributed by atoms with E-state index in [-0.39, 0.29) is 24.3 Å². The first-order valence-electron chi connectivity index (χ1n) is 11.8. The van der Waals surface area contributed by atoms with Crippen molar-refractivity contribution in [1.82, 2.24) is 5.32 Å². The fourth-order valence-corrected chi connectivity index (χ4v) is 5.54. The van der Waals surface area contributed by atoms with Gasteiger partial charge < -0.3 is 21.9 Å². The molecule has 3 atom stereocenters. The van der Waals surface area contributed by atoms with E-state index in [1.54, 1.807) is 26.0 Å². The first-order chi connectivity index (χ1) is 16.5. The van der Waals surface area contributed by atoms with E-state index in [1.165, 1.54) is 6.92 Å². The van der Waals surface area contributed by atoms with Crippen LogP contribution in [0.1, 0.15) is 42.0 Å². The Balaban J connectivity index is 2.03. The predicted molar refractivity (Wildman–Crippen MR) is 138 cm³/mol. The SMILES string of the molecule is CCS(=O)(=O)C(CC(N)C(=O)NCCCc1ccccc1)C(=O)[C@H](N)Cc1c(C)cc(O)cc1C. The molecule has 0 fully saturated rings. The third-order valence-corrected chi connectivity index (χ3v) is 8.31. The molecule has 0 aliphatic heterocycles. The zero-order valence-corrected chi connectivity index (χ0v) is 21.5. The lowest BCUT2D eigenvalue weighted by Crippen LogP contribution is -2.50. The number of phenols is 1. The summed E-state index contributed by atoms with van der Waals surface area (Å²) in [7, 11) is -3.84. The average Bonchev–Trinajstić information content (AvgIpc) is 2.82. The number of benzene rings is 2.